The molecule has 1 aromatic rings. The standard InChI is InChI=1S/C19H26N2O2S/c1-3-10(2)14-9-24-17(15(14)16(20)22)21-18(23)19-7-11-4-12(8-19)6-13(19)5-11/h9-13H,3-8H2,1-2H3,(H2,20,22)(H,21,23). The normalized spacial score (nSPS) is 34.5. The highest BCUT2D eigenvalue weighted by Crippen LogP contribution is 2.65. The van der Waals surface area contributed by atoms with E-state index in [0.29, 0.717) is 16.5 Å². The molecule has 24 heavy (non-hydrogen) atoms. The quantitative estimate of drug-likeness (QED) is 0.841. The van der Waals surface area contributed by atoms with E-state index < -0.39 is 5.91 Å². The minimum absolute atomic E-state index is 0.136. The molecule has 1 aromatic heterocycles. The van der Waals surface area contributed by atoms with Gasteiger partial charge in [-0.1, -0.05) is 13.8 Å². The first-order valence-corrected chi connectivity index (χ1v) is 10.0. The number of carbonyl (C=O) groups excluding carboxylic acids is 2. The smallest absolute Gasteiger partial charge is 0.251 e. The summed E-state index contributed by atoms with van der Waals surface area (Å²) in [5.74, 6) is 2.00. The molecular weight excluding hydrogens is 320 g/mol. The van der Waals surface area contributed by atoms with Gasteiger partial charge in [0.05, 0.1) is 11.0 Å². The Kier molecular flexibility index (Phi) is 3.75. The average molecular weight is 346 g/mol. The SMILES string of the molecule is CCC(C)c1csc(NC(=O)C23CC4CC(CC2C4)C3)c1C(N)=O. The van der Waals surface area contributed by atoms with Crippen LogP contribution in [0.1, 0.15) is 74.2 Å². The molecule has 0 radical (unpaired) electrons. The van der Waals surface area contributed by atoms with Gasteiger partial charge in [0.25, 0.3) is 5.91 Å². The third-order valence-electron chi connectivity index (χ3n) is 6.88. The number of amides is 2. The molecule has 3 unspecified atom stereocenters. The molecule has 5 rings (SSSR count). The second kappa shape index (κ2) is 5.58. The van der Waals surface area contributed by atoms with Crippen molar-refractivity contribution < 1.29 is 9.59 Å². The molecule has 1 heterocycles. The molecule has 0 aliphatic heterocycles. The van der Waals surface area contributed by atoms with E-state index in [0.717, 1.165) is 36.7 Å². The second-order valence-corrected chi connectivity index (χ2v) is 9.10. The summed E-state index contributed by atoms with van der Waals surface area (Å²) < 4.78 is 0. The predicted molar refractivity (Wildman–Crippen MR) is 96.2 cm³/mol. The fourth-order valence-electron chi connectivity index (χ4n) is 5.69. The summed E-state index contributed by atoms with van der Waals surface area (Å²) in [5.41, 5.74) is 6.95. The molecule has 3 N–H and O–H groups in total. The van der Waals surface area contributed by atoms with Gasteiger partial charge < -0.3 is 11.1 Å². The lowest BCUT2D eigenvalue weighted by Crippen LogP contribution is -2.37. The van der Waals surface area contributed by atoms with Crippen LogP contribution in [0.2, 0.25) is 0 Å². The Labute approximate surface area is 147 Å². The zero-order valence-electron chi connectivity index (χ0n) is 14.4. The third kappa shape index (κ3) is 2.24. The van der Waals surface area contributed by atoms with Gasteiger partial charge in [0.1, 0.15) is 5.00 Å². The fraction of sp³-hybridized carbons (Fsp3) is 0.684. The van der Waals surface area contributed by atoms with E-state index in [9.17, 15) is 9.59 Å². The van der Waals surface area contributed by atoms with Gasteiger partial charge in [-0.15, -0.1) is 11.3 Å². The molecule has 0 aromatic carbocycles. The van der Waals surface area contributed by atoms with E-state index in [4.69, 9.17) is 5.73 Å². The van der Waals surface area contributed by atoms with Gasteiger partial charge in [0.15, 0.2) is 0 Å². The highest BCUT2D eigenvalue weighted by Gasteiger charge is 2.61. The van der Waals surface area contributed by atoms with Gasteiger partial charge in [-0.2, -0.15) is 0 Å². The first-order valence-electron chi connectivity index (χ1n) is 9.17. The topological polar surface area (TPSA) is 72.2 Å². The molecule has 4 aliphatic carbocycles. The number of hydrogen-bond donors (Lipinski definition) is 2. The van der Waals surface area contributed by atoms with Crippen LogP contribution in [-0.2, 0) is 4.79 Å². The number of carbonyl (C=O) groups is 2. The van der Waals surface area contributed by atoms with E-state index in [1.54, 1.807) is 0 Å². The fourth-order valence-corrected chi connectivity index (χ4v) is 6.78. The maximum atomic E-state index is 13.2. The maximum absolute atomic E-state index is 13.2. The number of rotatable bonds is 5. The Morgan fingerprint density at radius 3 is 2.58 bits per heavy atom. The Balaban J connectivity index is 1.61. The van der Waals surface area contributed by atoms with Gasteiger partial charge in [0.2, 0.25) is 5.91 Å². The summed E-state index contributed by atoms with van der Waals surface area (Å²) in [4.78, 5) is 25.1. The second-order valence-electron chi connectivity index (χ2n) is 8.22. The van der Waals surface area contributed by atoms with Crippen molar-refractivity contribution in [2.45, 2.75) is 58.3 Å². The summed E-state index contributed by atoms with van der Waals surface area (Å²) in [6.45, 7) is 4.19. The Hall–Kier alpha value is -1.36. The number of nitrogens with two attached hydrogens (primary N) is 1. The summed E-state index contributed by atoms with van der Waals surface area (Å²) in [7, 11) is 0. The van der Waals surface area contributed by atoms with Crippen LogP contribution >= 0.6 is 11.3 Å². The van der Waals surface area contributed by atoms with Crippen molar-refractivity contribution in [3.05, 3.63) is 16.5 Å². The maximum Gasteiger partial charge on any atom is 0.251 e. The van der Waals surface area contributed by atoms with E-state index >= 15 is 0 Å². The van der Waals surface area contributed by atoms with Crippen LogP contribution in [0.4, 0.5) is 5.00 Å². The van der Waals surface area contributed by atoms with Crippen LogP contribution < -0.4 is 11.1 Å². The molecule has 0 saturated heterocycles. The molecule has 2 amide bonds. The van der Waals surface area contributed by atoms with Crippen molar-refractivity contribution in [3.63, 3.8) is 0 Å². The summed E-state index contributed by atoms with van der Waals surface area (Å²) in [6.07, 6.45) is 6.77. The molecule has 130 valence electrons. The first kappa shape index (κ1) is 16.1. The van der Waals surface area contributed by atoms with Crippen molar-refractivity contribution in [1.29, 1.82) is 0 Å². The third-order valence-corrected chi connectivity index (χ3v) is 7.79. The van der Waals surface area contributed by atoms with Crippen molar-refractivity contribution in [1.82, 2.24) is 0 Å². The van der Waals surface area contributed by atoms with Crippen LogP contribution in [0.25, 0.3) is 0 Å². The highest BCUT2D eigenvalue weighted by molar-refractivity contribution is 7.15. The lowest BCUT2D eigenvalue weighted by Gasteiger charge is -2.31. The zero-order valence-corrected chi connectivity index (χ0v) is 15.2. The van der Waals surface area contributed by atoms with Gasteiger partial charge in [-0.05, 0) is 73.1 Å². The van der Waals surface area contributed by atoms with Crippen molar-refractivity contribution >= 4 is 28.2 Å². The molecule has 0 spiro atoms. The Bertz CT molecular complexity index is 682. The van der Waals surface area contributed by atoms with Gasteiger partial charge >= 0.3 is 0 Å². The van der Waals surface area contributed by atoms with E-state index in [2.05, 4.69) is 19.2 Å². The molecule has 4 nitrogen and oxygen atoms in total. The van der Waals surface area contributed by atoms with Gasteiger partial charge in [-0.25, -0.2) is 0 Å². The lowest BCUT2D eigenvalue weighted by molar-refractivity contribution is -0.127. The van der Waals surface area contributed by atoms with Crippen molar-refractivity contribution in [3.8, 4) is 0 Å². The zero-order chi connectivity index (χ0) is 17.1. The predicted octanol–water partition coefficient (Wildman–Crippen LogP) is 4.13. The largest absolute Gasteiger partial charge is 0.365 e. The van der Waals surface area contributed by atoms with Gasteiger partial charge in [-0.3, -0.25) is 9.59 Å². The van der Waals surface area contributed by atoms with Crippen molar-refractivity contribution in [2.75, 3.05) is 5.32 Å². The summed E-state index contributed by atoms with van der Waals surface area (Å²) in [5, 5.41) is 5.76. The number of thiophene rings is 1. The molecule has 4 aliphatic rings. The van der Waals surface area contributed by atoms with Crippen LogP contribution in [0, 0.1) is 23.2 Å². The monoisotopic (exact) mass is 346 g/mol. The van der Waals surface area contributed by atoms with Crippen molar-refractivity contribution in [2.24, 2.45) is 28.9 Å². The number of primary amides is 1. The van der Waals surface area contributed by atoms with Crippen LogP contribution in [0.15, 0.2) is 5.38 Å². The number of anilines is 1. The molecule has 3 atom stereocenters. The van der Waals surface area contributed by atoms with Crippen LogP contribution in [-0.4, -0.2) is 11.8 Å². The minimum atomic E-state index is -0.434. The number of nitrogens with one attached hydrogen (secondary N) is 1. The number of hydrogen-bond acceptors (Lipinski definition) is 3. The molecule has 4 saturated carbocycles. The Morgan fingerprint density at radius 1 is 1.33 bits per heavy atom. The lowest BCUT2D eigenvalue weighted by atomic mass is 9.75. The van der Waals surface area contributed by atoms with Crippen LogP contribution in [0.5, 0.6) is 0 Å². The minimum Gasteiger partial charge on any atom is -0.365 e. The summed E-state index contributed by atoms with van der Waals surface area (Å²) >= 11 is 1.45. The molecule has 4 bridgehead atoms. The first-order chi connectivity index (χ1) is 11.4. The molecule has 5 heteroatoms. The van der Waals surface area contributed by atoms with E-state index in [-0.39, 0.29) is 17.2 Å². The van der Waals surface area contributed by atoms with E-state index in [1.807, 2.05) is 5.38 Å². The Morgan fingerprint density at radius 2 is 2.00 bits per heavy atom. The van der Waals surface area contributed by atoms with Crippen LogP contribution in [0.3, 0.4) is 0 Å². The average Bonchev–Trinajstić information content (AvgIpc) is 3.14. The van der Waals surface area contributed by atoms with E-state index in [1.165, 1.54) is 30.6 Å². The highest BCUT2D eigenvalue weighted by atomic mass is 32.1. The molecule has 4 fully saturated rings. The van der Waals surface area contributed by atoms with Gasteiger partial charge in [0, 0.05) is 0 Å². The summed E-state index contributed by atoms with van der Waals surface area (Å²) in [6, 6.07) is 0. The molecular formula is C19H26N2O2S.